The Kier molecular flexibility index (Phi) is 3.65. The molecule has 3 aromatic rings. The van der Waals surface area contributed by atoms with E-state index >= 15 is 0 Å². The topological polar surface area (TPSA) is 71.0 Å². The number of pyridine rings is 1. The summed E-state index contributed by atoms with van der Waals surface area (Å²) in [5, 5.41) is 0.559. The minimum Gasteiger partial charge on any atom is -0.356 e. The van der Waals surface area contributed by atoms with Gasteiger partial charge in [0, 0.05) is 25.3 Å². The zero-order valence-electron chi connectivity index (χ0n) is 13.2. The molecule has 1 aliphatic rings. The first-order valence-electron chi connectivity index (χ1n) is 8.13. The van der Waals surface area contributed by atoms with Gasteiger partial charge in [0.05, 0.1) is 10.9 Å². The standard InChI is InChI=1S/C18H18N4O2/c23-17-14-5-1-2-6-15(14)20-18(24)22(17)13-8-11-21(12-9-13)16-7-3-4-10-19-16/h1-7,10,13H,8-9,11-12H2,(H,20,24). The van der Waals surface area contributed by atoms with E-state index in [2.05, 4.69) is 14.9 Å². The van der Waals surface area contributed by atoms with Crippen LogP contribution in [0.4, 0.5) is 5.82 Å². The van der Waals surface area contributed by atoms with Crippen molar-refractivity contribution >= 4 is 16.7 Å². The summed E-state index contributed by atoms with van der Waals surface area (Å²) in [6.07, 6.45) is 3.27. The molecule has 1 aromatic carbocycles. The molecule has 3 heterocycles. The van der Waals surface area contributed by atoms with Crippen LogP contribution >= 0.6 is 0 Å². The summed E-state index contributed by atoms with van der Waals surface area (Å²) in [5.74, 6) is 0.940. The molecule has 2 aromatic heterocycles. The van der Waals surface area contributed by atoms with E-state index in [0.717, 1.165) is 31.7 Å². The van der Waals surface area contributed by atoms with Gasteiger partial charge in [-0.1, -0.05) is 18.2 Å². The van der Waals surface area contributed by atoms with Crippen molar-refractivity contribution in [3.8, 4) is 0 Å². The van der Waals surface area contributed by atoms with Crippen LogP contribution in [0.15, 0.2) is 58.3 Å². The Hall–Kier alpha value is -2.89. The van der Waals surface area contributed by atoms with Crippen LogP contribution in [-0.4, -0.2) is 27.6 Å². The molecule has 0 unspecified atom stereocenters. The molecule has 0 saturated carbocycles. The first-order chi connectivity index (χ1) is 11.7. The third-order valence-corrected chi connectivity index (χ3v) is 4.64. The molecule has 6 heteroatoms. The van der Waals surface area contributed by atoms with E-state index in [1.165, 1.54) is 4.57 Å². The molecule has 0 aliphatic carbocycles. The van der Waals surface area contributed by atoms with Gasteiger partial charge in [-0.2, -0.15) is 0 Å². The number of benzene rings is 1. The summed E-state index contributed by atoms with van der Waals surface area (Å²) in [6, 6.07) is 12.9. The number of rotatable bonds is 2. The number of aromatic nitrogens is 3. The number of hydrogen-bond donors (Lipinski definition) is 1. The minimum absolute atomic E-state index is 0.0779. The highest BCUT2D eigenvalue weighted by Gasteiger charge is 2.24. The fourth-order valence-electron chi connectivity index (χ4n) is 3.40. The largest absolute Gasteiger partial charge is 0.356 e. The quantitative estimate of drug-likeness (QED) is 0.782. The first kappa shape index (κ1) is 14.7. The Morgan fingerprint density at radius 1 is 1.00 bits per heavy atom. The number of hydrogen-bond acceptors (Lipinski definition) is 4. The van der Waals surface area contributed by atoms with Crippen LogP contribution in [0.25, 0.3) is 10.9 Å². The summed E-state index contributed by atoms with van der Waals surface area (Å²) in [6.45, 7) is 1.56. The van der Waals surface area contributed by atoms with Crippen LogP contribution in [0.5, 0.6) is 0 Å². The molecule has 0 spiro atoms. The van der Waals surface area contributed by atoms with Crippen LogP contribution < -0.4 is 16.1 Å². The molecule has 122 valence electrons. The number of fused-ring (bicyclic) bond motifs is 1. The van der Waals surface area contributed by atoms with Crippen molar-refractivity contribution in [2.75, 3.05) is 18.0 Å². The maximum Gasteiger partial charge on any atom is 0.329 e. The first-order valence-corrected chi connectivity index (χ1v) is 8.13. The van der Waals surface area contributed by atoms with Crippen molar-refractivity contribution in [1.29, 1.82) is 0 Å². The lowest BCUT2D eigenvalue weighted by atomic mass is 10.0. The number of H-pyrrole nitrogens is 1. The molecule has 1 N–H and O–H groups in total. The van der Waals surface area contributed by atoms with E-state index < -0.39 is 0 Å². The van der Waals surface area contributed by atoms with Gasteiger partial charge in [0.25, 0.3) is 5.56 Å². The zero-order chi connectivity index (χ0) is 16.5. The molecule has 1 aliphatic heterocycles. The third-order valence-electron chi connectivity index (χ3n) is 4.64. The van der Waals surface area contributed by atoms with Crippen LogP contribution in [0.2, 0.25) is 0 Å². The van der Waals surface area contributed by atoms with E-state index in [4.69, 9.17) is 0 Å². The Labute approximate surface area is 138 Å². The lowest BCUT2D eigenvalue weighted by Crippen LogP contribution is -2.43. The van der Waals surface area contributed by atoms with Gasteiger partial charge >= 0.3 is 5.69 Å². The van der Waals surface area contributed by atoms with Gasteiger partial charge in [0.2, 0.25) is 0 Å². The molecular formula is C18H18N4O2. The van der Waals surface area contributed by atoms with Gasteiger partial charge in [0.15, 0.2) is 0 Å². The van der Waals surface area contributed by atoms with Crippen LogP contribution in [0.3, 0.4) is 0 Å². The highest BCUT2D eigenvalue weighted by atomic mass is 16.2. The molecule has 0 atom stereocenters. The Morgan fingerprint density at radius 3 is 2.50 bits per heavy atom. The molecular weight excluding hydrogens is 304 g/mol. The summed E-state index contributed by atoms with van der Waals surface area (Å²) in [7, 11) is 0. The third kappa shape index (κ3) is 2.50. The maximum absolute atomic E-state index is 12.7. The predicted molar refractivity (Wildman–Crippen MR) is 93.5 cm³/mol. The minimum atomic E-state index is -0.324. The second-order valence-corrected chi connectivity index (χ2v) is 6.06. The van der Waals surface area contributed by atoms with Crippen molar-refractivity contribution in [2.45, 2.75) is 18.9 Å². The average molecular weight is 322 g/mol. The fourth-order valence-corrected chi connectivity index (χ4v) is 3.40. The number of aromatic amines is 1. The number of nitrogens with one attached hydrogen (secondary N) is 1. The number of nitrogens with zero attached hydrogens (tertiary/aromatic N) is 3. The van der Waals surface area contributed by atoms with Gasteiger partial charge in [0.1, 0.15) is 5.82 Å². The second-order valence-electron chi connectivity index (χ2n) is 6.06. The number of para-hydroxylation sites is 1. The van der Waals surface area contributed by atoms with E-state index in [1.54, 1.807) is 18.3 Å². The summed E-state index contributed by atoms with van der Waals surface area (Å²) >= 11 is 0. The predicted octanol–water partition coefficient (Wildman–Crippen LogP) is 1.93. The Bertz CT molecular complexity index is 969. The van der Waals surface area contributed by atoms with Crippen molar-refractivity contribution < 1.29 is 0 Å². The van der Waals surface area contributed by atoms with Crippen molar-refractivity contribution in [1.82, 2.24) is 14.5 Å². The molecule has 6 nitrogen and oxygen atoms in total. The number of piperidine rings is 1. The molecule has 24 heavy (non-hydrogen) atoms. The van der Waals surface area contributed by atoms with Gasteiger partial charge in [-0.25, -0.2) is 9.78 Å². The molecule has 0 radical (unpaired) electrons. The average Bonchev–Trinajstić information content (AvgIpc) is 2.63. The van der Waals surface area contributed by atoms with Gasteiger partial charge in [-0.05, 0) is 37.1 Å². The highest BCUT2D eigenvalue weighted by Crippen LogP contribution is 2.23. The molecule has 1 saturated heterocycles. The van der Waals surface area contributed by atoms with Crippen molar-refractivity contribution in [3.63, 3.8) is 0 Å². The van der Waals surface area contributed by atoms with Crippen LogP contribution in [-0.2, 0) is 0 Å². The van der Waals surface area contributed by atoms with Gasteiger partial charge < -0.3 is 9.88 Å². The fraction of sp³-hybridized carbons (Fsp3) is 0.278. The lowest BCUT2D eigenvalue weighted by Gasteiger charge is -2.33. The highest BCUT2D eigenvalue weighted by molar-refractivity contribution is 5.76. The summed E-state index contributed by atoms with van der Waals surface area (Å²) in [5.41, 5.74) is 0.0651. The van der Waals surface area contributed by atoms with E-state index in [0.29, 0.717) is 10.9 Å². The van der Waals surface area contributed by atoms with Crippen LogP contribution in [0, 0.1) is 0 Å². The van der Waals surface area contributed by atoms with Gasteiger partial charge in [-0.3, -0.25) is 9.36 Å². The van der Waals surface area contributed by atoms with E-state index in [9.17, 15) is 9.59 Å². The molecule has 4 rings (SSSR count). The van der Waals surface area contributed by atoms with Crippen molar-refractivity contribution in [3.05, 3.63) is 69.5 Å². The SMILES string of the molecule is O=c1[nH]c2ccccc2c(=O)n1C1CCN(c2ccccn2)CC1. The molecule has 0 amide bonds. The normalized spacial score (nSPS) is 15.8. The summed E-state index contributed by atoms with van der Waals surface area (Å²) < 4.78 is 1.39. The Morgan fingerprint density at radius 2 is 1.75 bits per heavy atom. The van der Waals surface area contributed by atoms with E-state index in [1.807, 2.05) is 30.3 Å². The molecule has 1 fully saturated rings. The smallest absolute Gasteiger partial charge is 0.329 e. The zero-order valence-corrected chi connectivity index (χ0v) is 13.2. The maximum atomic E-state index is 12.7. The lowest BCUT2D eigenvalue weighted by molar-refractivity contribution is 0.376. The molecule has 0 bridgehead atoms. The van der Waals surface area contributed by atoms with Crippen LogP contribution in [0.1, 0.15) is 18.9 Å². The Balaban J connectivity index is 1.63. The monoisotopic (exact) mass is 322 g/mol. The second kappa shape index (κ2) is 5.96. The van der Waals surface area contributed by atoms with Gasteiger partial charge in [-0.15, -0.1) is 0 Å². The van der Waals surface area contributed by atoms with E-state index in [-0.39, 0.29) is 17.3 Å². The summed E-state index contributed by atoms with van der Waals surface area (Å²) in [4.78, 5) is 34.5. The number of anilines is 1. The van der Waals surface area contributed by atoms with Crippen molar-refractivity contribution in [2.24, 2.45) is 0 Å².